The van der Waals surface area contributed by atoms with Gasteiger partial charge < -0.3 is 19.7 Å². The number of aromatic nitrogens is 1. The molecule has 1 heterocycles. The predicted molar refractivity (Wildman–Crippen MR) is 115 cm³/mol. The van der Waals surface area contributed by atoms with E-state index in [-0.39, 0.29) is 0 Å². The lowest BCUT2D eigenvalue weighted by molar-refractivity contribution is 0.355. The number of nitrogens with one attached hydrogen (secondary N) is 1. The molecule has 3 aromatic rings. The third kappa shape index (κ3) is 3.25. The van der Waals surface area contributed by atoms with Crippen molar-refractivity contribution in [1.29, 1.82) is 0 Å². The molecule has 0 spiro atoms. The van der Waals surface area contributed by atoms with Crippen LogP contribution in [0.5, 0.6) is 11.5 Å². The number of pyridine rings is 1. The van der Waals surface area contributed by atoms with Crippen molar-refractivity contribution < 1.29 is 9.47 Å². The molecule has 5 nitrogen and oxygen atoms in total. The molecule has 1 N–H and O–H groups in total. The van der Waals surface area contributed by atoms with Crippen LogP contribution >= 0.6 is 11.6 Å². The molecule has 0 unspecified atom stereocenters. The topological polar surface area (TPSA) is 46.6 Å². The number of fused-ring (bicyclic) bond motifs is 4. The van der Waals surface area contributed by atoms with Gasteiger partial charge in [-0.3, -0.25) is 0 Å². The maximum atomic E-state index is 6.30. The van der Waals surface area contributed by atoms with E-state index in [4.69, 9.17) is 26.1 Å². The van der Waals surface area contributed by atoms with Crippen LogP contribution in [-0.2, 0) is 6.42 Å². The Morgan fingerprint density at radius 1 is 1.11 bits per heavy atom. The van der Waals surface area contributed by atoms with Crippen LogP contribution in [0.4, 0.5) is 5.69 Å². The zero-order chi connectivity index (χ0) is 19.8. The first kappa shape index (κ1) is 18.8. The fourth-order valence-electron chi connectivity index (χ4n) is 3.75. The van der Waals surface area contributed by atoms with Crippen molar-refractivity contribution >= 4 is 28.2 Å². The second kappa shape index (κ2) is 7.49. The molecule has 1 aromatic heterocycles. The van der Waals surface area contributed by atoms with Crippen LogP contribution in [0.25, 0.3) is 22.2 Å². The van der Waals surface area contributed by atoms with Gasteiger partial charge in [-0.25, -0.2) is 4.98 Å². The Bertz CT molecular complexity index is 1050. The molecule has 0 bridgehead atoms. The van der Waals surface area contributed by atoms with Gasteiger partial charge in [0.05, 0.1) is 25.4 Å². The SMILES string of the molecule is COc1cc2c(cc1OC)-c1nc3ccc(Cl)cc3c(NCCN(C)C)c1C2. The third-order valence-corrected chi connectivity index (χ3v) is 5.38. The van der Waals surface area contributed by atoms with Gasteiger partial charge >= 0.3 is 0 Å². The quantitative estimate of drug-likeness (QED) is 0.520. The molecule has 6 heteroatoms. The average molecular weight is 398 g/mol. The molecule has 0 aliphatic heterocycles. The Kier molecular flexibility index (Phi) is 5.04. The molecule has 0 amide bonds. The molecule has 0 atom stereocenters. The summed E-state index contributed by atoms with van der Waals surface area (Å²) in [4.78, 5) is 7.13. The van der Waals surface area contributed by atoms with Crippen molar-refractivity contribution in [2.24, 2.45) is 0 Å². The molecule has 2 aromatic carbocycles. The van der Waals surface area contributed by atoms with Crippen molar-refractivity contribution in [3.63, 3.8) is 0 Å². The minimum Gasteiger partial charge on any atom is -0.493 e. The van der Waals surface area contributed by atoms with Crippen molar-refractivity contribution in [3.8, 4) is 22.8 Å². The summed E-state index contributed by atoms with van der Waals surface area (Å²) >= 11 is 6.30. The number of nitrogens with zero attached hydrogens (tertiary/aromatic N) is 2. The van der Waals surface area contributed by atoms with Crippen LogP contribution in [0.2, 0.25) is 5.02 Å². The molecular formula is C22H24ClN3O2. The summed E-state index contributed by atoms with van der Waals surface area (Å²) in [6.07, 6.45) is 0.796. The zero-order valence-corrected chi connectivity index (χ0v) is 17.4. The molecule has 0 radical (unpaired) electrons. The van der Waals surface area contributed by atoms with Crippen molar-refractivity contribution in [2.75, 3.05) is 46.7 Å². The Hall–Kier alpha value is -2.50. The van der Waals surface area contributed by atoms with Gasteiger partial charge in [-0.15, -0.1) is 0 Å². The summed E-state index contributed by atoms with van der Waals surface area (Å²) in [7, 11) is 7.46. The lowest BCUT2D eigenvalue weighted by Crippen LogP contribution is -2.21. The molecule has 146 valence electrons. The molecule has 28 heavy (non-hydrogen) atoms. The maximum Gasteiger partial charge on any atom is 0.161 e. The lowest BCUT2D eigenvalue weighted by atomic mass is 10.1. The van der Waals surface area contributed by atoms with E-state index in [0.717, 1.165) is 53.1 Å². The van der Waals surface area contributed by atoms with E-state index < -0.39 is 0 Å². The molecule has 1 aliphatic rings. The number of halogens is 1. The van der Waals surface area contributed by atoms with Crippen LogP contribution in [0.1, 0.15) is 11.1 Å². The standard InChI is InChI=1S/C22H24ClN3O2/c1-26(2)8-7-24-21-16-11-14(23)5-6-18(16)25-22-15-12-20(28-4)19(27-3)10-13(15)9-17(21)22/h5-6,10-12H,7-9H2,1-4H3,(H,24,25). The summed E-state index contributed by atoms with van der Waals surface area (Å²) in [5.41, 5.74) is 6.52. The number of likely N-dealkylation sites (N-methyl/N-ethyl adjacent to an activating group) is 1. The van der Waals surface area contributed by atoms with Crippen LogP contribution in [0.3, 0.4) is 0 Å². The highest BCUT2D eigenvalue weighted by atomic mass is 35.5. The van der Waals surface area contributed by atoms with Gasteiger partial charge in [-0.05, 0) is 50.0 Å². The van der Waals surface area contributed by atoms with E-state index in [1.54, 1.807) is 14.2 Å². The Labute approximate surface area is 170 Å². The number of methoxy groups -OCH3 is 2. The average Bonchev–Trinajstić information content (AvgIpc) is 3.03. The Morgan fingerprint density at radius 3 is 2.57 bits per heavy atom. The van der Waals surface area contributed by atoms with Gasteiger partial charge in [0, 0.05) is 46.7 Å². The highest BCUT2D eigenvalue weighted by Gasteiger charge is 2.27. The van der Waals surface area contributed by atoms with E-state index in [1.165, 1.54) is 11.1 Å². The largest absolute Gasteiger partial charge is 0.493 e. The summed E-state index contributed by atoms with van der Waals surface area (Å²) in [5, 5.41) is 5.40. The third-order valence-electron chi connectivity index (χ3n) is 5.14. The van der Waals surface area contributed by atoms with E-state index in [2.05, 4.69) is 30.4 Å². The Morgan fingerprint density at radius 2 is 1.86 bits per heavy atom. The van der Waals surface area contributed by atoms with Gasteiger partial charge in [-0.1, -0.05) is 11.6 Å². The molecule has 4 rings (SSSR count). The molecule has 0 saturated carbocycles. The molecule has 0 fully saturated rings. The van der Waals surface area contributed by atoms with Gasteiger partial charge in [0.15, 0.2) is 11.5 Å². The summed E-state index contributed by atoms with van der Waals surface area (Å²) in [6.45, 7) is 1.78. The zero-order valence-electron chi connectivity index (χ0n) is 16.6. The number of hydrogen-bond acceptors (Lipinski definition) is 5. The van der Waals surface area contributed by atoms with Crippen molar-refractivity contribution in [2.45, 2.75) is 6.42 Å². The first-order chi connectivity index (χ1) is 13.5. The second-order valence-corrected chi connectivity index (χ2v) is 7.68. The number of ether oxygens (including phenoxy) is 2. The lowest BCUT2D eigenvalue weighted by Gasteiger charge is -2.17. The van der Waals surface area contributed by atoms with Gasteiger partial charge in [0.2, 0.25) is 0 Å². The summed E-state index contributed by atoms with van der Waals surface area (Å²) in [5.74, 6) is 1.46. The highest BCUT2D eigenvalue weighted by molar-refractivity contribution is 6.31. The fraction of sp³-hybridized carbons (Fsp3) is 0.318. The van der Waals surface area contributed by atoms with E-state index >= 15 is 0 Å². The summed E-state index contributed by atoms with van der Waals surface area (Å²) < 4.78 is 11.0. The van der Waals surface area contributed by atoms with Gasteiger partial charge in [0.1, 0.15) is 0 Å². The van der Waals surface area contributed by atoms with Crippen LogP contribution in [0, 0.1) is 0 Å². The number of anilines is 1. The maximum absolute atomic E-state index is 6.30. The molecule has 0 saturated heterocycles. The van der Waals surface area contributed by atoms with Crippen LogP contribution < -0.4 is 14.8 Å². The number of benzene rings is 2. The van der Waals surface area contributed by atoms with Crippen molar-refractivity contribution in [3.05, 3.63) is 46.5 Å². The smallest absolute Gasteiger partial charge is 0.161 e. The van der Waals surface area contributed by atoms with E-state index in [1.807, 2.05) is 24.3 Å². The van der Waals surface area contributed by atoms with Crippen molar-refractivity contribution in [1.82, 2.24) is 9.88 Å². The monoisotopic (exact) mass is 397 g/mol. The van der Waals surface area contributed by atoms with E-state index in [0.29, 0.717) is 10.8 Å². The van der Waals surface area contributed by atoms with Gasteiger partial charge in [-0.2, -0.15) is 0 Å². The predicted octanol–water partition coefficient (Wildman–Crippen LogP) is 4.45. The number of hydrogen-bond donors (Lipinski definition) is 1. The van der Waals surface area contributed by atoms with E-state index in [9.17, 15) is 0 Å². The number of rotatable bonds is 6. The summed E-state index contributed by atoms with van der Waals surface area (Å²) in [6, 6.07) is 9.94. The second-order valence-electron chi connectivity index (χ2n) is 7.25. The highest BCUT2D eigenvalue weighted by Crippen LogP contribution is 2.46. The van der Waals surface area contributed by atoms with Crippen LogP contribution in [-0.4, -0.2) is 51.3 Å². The first-order valence-corrected chi connectivity index (χ1v) is 9.65. The minimum atomic E-state index is 0.712. The molecular weight excluding hydrogens is 374 g/mol. The first-order valence-electron chi connectivity index (χ1n) is 9.27. The Balaban J connectivity index is 1.88. The minimum absolute atomic E-state index is 0.712. The van der Waals surface area contributed by atoms with Crippen LogP contribution in [0.15, 0.2) is 30.3 Å². The fourth-order valence-corrected chi connectivity index (χ4v) is 3.93. The van der Waals surface area contributed by atoms with Gasteiger partial charge in [0.25, 0.3) is 0 Å². The molecule has 1 aliphatic carbocycles. The normalized spacial score (nSPS) is 12.2.